The summed E-state index contributed by atoms with van der Waals surface area (Å²) < 4.78 is 5.55. The minimum atomic E-state index is -0.263. The van der Waals surface area contributed by atoms with Gasteiger partial charge in [0.2, 0.25) is 0 Å². The van der Waals surface area contributed by atoms with E-state index in [0.29, 0.717) is 10.2 Å². The molecule has 0 unspecified atom stereocenters. The Kier molecular flexibility index (Phi) is 5.72. The number of aromatic hydroxyl groups is 1. The molecule has 0 bridgehead atoms. The third kappa shape index (κ3) is 3.12. The largest absolute Gasteiger partial charge is 0.503 e. The lowest BCUT2D eigenvalue weighted by Crippen LogP contribution is -2.06. The molecule has 15 heavy (non-hydrogen) atoms. The van der Waals surface area contributed by atoms with Crippen molar-refractivity contribution in [2.45, 2.75) is 6.04 Å². The average molecular weight is 295 g/mol. The maximum atomic E-state index is 9.54. The molecule has 0 aliphatic rings. The van der Waals surface area contributed by atoms with Gasteiger partial charge in [-0.25, -0.2) is 0 Å². The molecule has 0 aromatic heterocycles. The Morgan fingerprint density at radius 2 is 2.20 bits per heavy atom. The summed E-state index contributed by atoms with van der Waals surface area (Å²) in [5.41, 5.74) is 6.60. The molecule has 0 aliphatic heterocycles. The Morgan fingerprint density at radius 1 is 1.60 bits per heavy atom. The molecule has 0 saturated heterocycles. The van der Waals surface area contributed by atoms with Crippen molar-refractivity contribution in [1.82, 2.24) is 0 Å². The summed E-state index contributed by atoms with van der Waals surface area (Å²) in [6, 6.07) is 3.16. The molecule has 0 saturated carbocycles. The second-order valence-corrected chi connectivity index (χ2v) is 3.67. The highest BCUT2D eigenvalue weighted by Gasteiger charge is 2.11. The monoisotopic (exact) mass is 293 g/mol. The minimum Gasteiger partial charge on any atom is -0.503 e. The molecule has 0 radical (unpaired) electrons. The van der Waals surface area contributed by atoms with Gasteiger partial charge in [-0.05, 0) is 33.6 Å². The number of phenols is 1. The normalized spacial score (nSPS) is 11.4. The molecule has 0 amide bonds. The Bertz CT molecular complexity index is 358. The first-order valence-electron chi connectivity index (χ1n) is 4.04. The van der Waals surface area contributed by atoms with Gasteiger partial charge in [0.15, 0.2) is 11.5 Å². The SMILES string of the molecule is C=C[C@H](N)c1cc(Br)c(O)c(OC)c1.Cl. The molecule has 1 aromatic rings. The van der Waals surface area contributed by atoms with Crippen molar-refractivity contribution in [3.63, 3.8) is 0 Å². The van der Waals surface area contributed by atoms with E-state index in [0.717, 1.165) is 5.56 Å². The molecule has 1 atom stereocenters. The number of methoxy groups -OCH3 is 1. The van der Waals surface area contributed by atoms with Gasteiger partial charge in [0.05, 0.1) is 11.6 Å². The van der Waals surface area contributed by atoms with Crippen molar-refractivity contribution >= 4 is 28.3 Å². The van der Waals surface area contributed by atoms with Crippen LogP contribution in [0.3, 0.4) is 0 Å². The first kappa shape index (κ1) is 14.3. The van der Waals surface area contributed by atoms with Crippen molar-refractivity contribution in [2.75, 3.05) is 7.11 Å². The van der Waals surface area contributed by atoms with Crippen molar-refractivity contribution in [3.8, 4) is 11.5 Å². The van der Waals surface area contributed by atoms with Crippen LogP contribution in [-0.2, 0) is 0 Å². The highest BCUT2D eigenvalue weighted by atomic mass is 79.9. The van der Waals surface area contributed by atoms with Gasteiger partial charge in [-0.2, -0.15) is 0 Å². The number of nitrogens with two attached hydrogens (primary N) is 1. The summed E-state index contributed by atoms with van der Waals surface area (Å²) in [4.78, 5) is 0. The lowest BCUT2D eigenvalue weighted by Gasteiger charge is -2.11. The molecule has 0 aliphatic carbocycles. The first-order chi connectivity index (χ1) is 6.60. The molecular formula is C10H13BrClNO2. The Morgan fingerprint density at radius 3 is 2.67 bits per heavy atom. The number of benzene rings is 1. The highest BCUT2D eigenvalue weighted by Crippen LogP contribution is 2.36. The standard InChI is InChI=1S/C10H12BrNO2.ClH/c1-3-8(12)6-4-7(11)10(13)9(5-6)14-2;/h3-5,8,13H,1,12H2,2H3;1H/t8-;/m0./s1. The zero-order valence-corrected chi connectivity index (χ0v) is 10.6. The van der Waals surface area contributed by atoms with Gasteiger partial charge >= 0.3 is 0 Å². The summed E-state index contributed by atoms with van der Waals surface area (Å²) >= 11 is 3.22. The maximum absolute atomic E-state index is 9.54. The second kappa shape index (κ2) is 6.00. The highest BCUT2D eigenvalue weighted by molar-refractivity contribution is 9.10. The smallest absolute Gasteiger partial charge is 0.172 e. The van der Waals surface area contributed by atoms with Gasteiger partial charge in [0.25, 0.3) is 0 Å². The summed E-state index contributed by atoms with van der Waals surface area (Å²) in [7, 11) is 1.49. The fourth-order valence-electron chi connectivity index (χ4n) is 1.08. The van der Waals surface area contributed by atoms with Gasteiger partial charge in [0, 0.05) is 6.04 Å². The van der Waals surface area contributed by atoms with Crippen molar-refractivity contribution < 1.29 is 9.84 Å². The van der Waals surface area contributed by atoms with E-state index in [4.69, 9.17) is 10.5 Å². The zero-order chi connectivity index (χ0) is 10.7. The Hall–Kier alpha value is -0.710. The van der Waals surface area contributed by atoms with Gasteiger partial charge in [0.1, 0.15) is 0 Å². The quantitative estimate of drug-likeness (QED) is 0.843. The van der Waals surface area contributed by atoms with Crippen molar-refractivity contribution in [3.05, 3.63) is 34.8 Å². The van der Waals surface area contributed by atoms with Crippen LogP contribution >= 0.6 is 28.3 Å². The van der Waals surface area contributed by atoms with Crippen LogP contribution in [0.25, 0.3) is 0 Å². The van der Waals surface area contributed by atoms with Crippen LogP contribution < -0.4 is 10.5 Å². The van der Waals surface area contributed by atoms with E-state index in [1.54, 1.807) is 18.2 Å². The van der Waals surface area contributed by atoms with E-state index in [-0.39, 0.29) is 24.2 Å². The molecule has 5 heteroatoms. The maximum Gasteiger partial charge on any atom is 0.172 e. The Balaban J connectivity index is 0.00000196. The third-order valence-electron chi connectivity index (χ3n) is 1.91. The van der Waals surface area contributed by atoms with E-state index in [9.17, 15) is 5.11 Å². The van der Waals surface area contributed by atoms with Gasteiger partial charge in [-0.3, -0.25) is 0 Å². The zero-order valence-electron chi connectivity index (χ0n) is 8.24. The summed E-state index contributed by atoms with van der Waals surface area (Å²) in [5.74, 6) is 0.471. The van der Waals surface area contributed by atoms with E-state index < -0.39 is 0 Å². The number of hydrogen-bond acceptors (Lipinski definition) is 3. The van der Waals surface area contributed by atoms with Crippen LogP contribution in [0.4, 0.5) is 0 Å². The van der Waals surface area contributed by atoms with Crippen molar-refractivity contribution in [2.24, 2.45) is 5.73 Å². The summed E-state index contributed by atoms with van der Waals surface area (Å²) in [6.45, 7) is 3.60. The van der Waals surface area contributed by atoms with Gasteiger partial charge in [-0.1, -0.05) is 6.08 Å². The van der Waals surface area contributed by atoms with E-state index in [2.05, 4.69) is 22.5 Å². The number of rotatable bonds is 3. The van der Waals surface area contributed by atoms with E-state index in [1.807, 2.05) is 0 Å². The van der Waals surface area contributed by atoms with Crippen LogP contribution in [0.1, 0.15) is 11.6 Å². The second-order valence-electron chi connectivity index (χ2n) is 2.82. The third-order valence-corrected chi connectivity index (χ3v) is 2.51. The number of hydrogen-bond donors (Lipinski definition) is 2. The molecular weight excluding hydrogens is 281 g/mol. The molecule has 1 aromatic carbocycles. The van der Waals surface area contributed by atoms with Crippen LogP contribution in [0.15, 0.2) is 29.3 Å². The van der Waals surface area contributed by atoms with Crippen molar-refractivity contribution in [1.29, 1.82) is 0 Å². The molecule has 0 spiro atoms. The topological polar surface area (TPSA) is 55.5 Å². The molecule has 0 heterocycles. The Labute approximate surface area is 103 Å². The number of halogens is 2. The predicted octanol–water partition coefficient (Wildman–Crippen LogP) is 2.77. The summed E-state index contributed by atoms with van der Waals surface area (Å²) in [5, 5.41) is 9.54. The predicted molar refractivity (Wildman–Crippen MR) is 66.7 cm³/mol. The number of ether oxygens (including phenoxy) is 1. The number of phenolic OH excluding ortho intramolecular Hbond substituents is 1. The van der Waals surface area contributed by atoms with E-state index in [1.165, 1.54) is 7.11 Å². The minimum absolute atomic E-state index is 0. The van der Waals surface area contributed by atoms with Crippen LogP contribution in [0.2, 0.25) is 0 Å². The van der Waals surface area contributed by atoms with E-state index >= 15 is 0 Å². The first-order valence-corrected chi connectivity index (χ1v) is 4.84. The molecule has 3 nitrogen and oxygen atoms in total. The van der Waals surface area contributed by atoms with Gasteiger partial charge in [-0.15, -0.1) is 19.0 Å². The fourth-order valence-corrected chi connectivity index (χ4v) is 1.54. The molecule has 0 fully saturated rings. The van der Waals surface area contributed by atoms with Crippen LogP contribution in [0, 0.1) is 0 Å². The molecule has 3 N–H and O–H groups in total. The van der Waals surface area contributed by atoms with Gasteiger partial charge < -0.3 is 15.6 Å². The van der Waals surface area contributed by atoms with Crippen LogP contribution in [0.5, 0.6) is 11.5 Å². The lowest BCUT2D eigenvalue weighted by atomic mass is 10.1. The fraction of sp³-hybridized carbons (Fsp3) is 0.200. The summed E-state index contributed by atoms with van der Waals surface area (Å²) in [6.07, 6.45) is 1.62. The molecule has 1 rings (SSSR count). The molecule has 84 valence electrons. The lowest BCUT2D eigenvalue weighted by molar-refractivity contribution is 0.371. The average Bonchev–Trinajstić information content (AvgIpc) is 2.20. The van der Waals surface area contributed by atoms with Crippen LogP contribution in [-0.4, -0.2) is 12.2 Å².